The fraction of sp³-hybridized carbons (Fsp3) is 0.500. The van der Waals surface area contributed by atoms with Gasteiger partial charge in [0, 0.05) is 18.1 Å². The molecule has 1 aliphatic rings. The topological polar surface area (TPSA) is 41.1 Å². The van der Waals surface area contributed by atoms with Gasteiger partial charge in [-0.25, -0.2) is 0 Å². The van der Waals surface area contributed by atoms with E-state index in [1.54, 1.807) is 0 Å². The Morgan fingerprint density at radius 2 is 2.17 bits per heavy atom. The minimum Gasteiger partial charge on any atom is -0.355 e. The molecule has 98 valence electrons. The summed E-state index contributed by atoms with van der Waals surface area (Å²) in [5.74, 6) is 0.154. The summed E-state index contributed by atoms with van der Waals surface area (Å²) >= 11 is 5.82. The normalized spacial score (nSPS) is 23.0. The van der Waals surface area contributed by atoms with Gasteiger partial charge in [0.05, 0.1) is 5.41 Å². The van der Waals surface area contributed by atoms with E-state index in [1.807, 2.05) is 31.2 Å². The van der Waals surface area contributed by atoms with E-state index < -0.39 is 0 Å². The van der Waals surface area contributed by atoms with Gasteiger partial charge >= 0.3 is 0 Å². The van der Waals surface area contributed by atoms with Crippen LogP contribution in [0.3, 0.4) is 0 Å². The number of carbonyl (C=O) groups excluding carboxylic acids is 1. The lowest BCUT2D eigenvalue weighted by Gasteiger charge is -2.21. The molecule has 1 aliphatic heterocycles. The predicted molar refractivity (Wildman–Crippen MR) is 73.8 cm³/mol. The van der Waals surface area contributed by atoms with E-state index in [9.17, 15) is 4.79 Å². The molecule has 2 N–H and O–H groups in total. The average molecular weight is 267 g/mol. The van der Waals surface area contributed by atoms with Crippen LogP contribution in [0.1, 0.15) is 18.9 Å². The lowest BCUT2D eigenvalue weighted by atomic mass is 9.89. The van der Waals surface area contributed by atoms with E-state index in [0.717, 1.165) is 31.0 Å². The Labute approximate surface area is 113 Å². The Hall–Kier alpha value is -1.06. The van der Waals surface area contributed by atoms with Crippen molar-refractivity contribution in [3.8, 4) is 0 Å². The first-order valence-electron chi connectivity index (χ1n) is 6.34. The number of carbonyl (C=O) groups is 1. The molecule has 0 aliphatic carbocycles. The lowest BCUT2D eigenvalue weighted by molar-refractivity contribution is -0.129. The first-order chi connectivity index (χ1) is 8.60. The van der Waals surface area contributed by atoms with Gasteiger partial charge in [-0.15, -0.1) is 0 Å². The fourth-order valence-corrected chi connectivity index (χ4v) is 2.32. The van der Waals surface area contributed by atoms with Crippen LogP contribution in [0.4, 0.5) is 0 Å². The summed E-state index contributed by atoms with van der Waals surface area (Å²) in [4.78, 5) is 12.0. The molecular formula is C14H19ClN2O. The molecule has 4 heteroatoms. The van der Waals surface area contributed by atoms with Gasteiger partial charge in [-0.3, -0.25) is 4.79 Å². The number of hydrogen-bond donors (Lipinski definition) is 2. The highest BCUT2D eigenvalue weighted by atomic mass is 35.5. The average Bonchev–Trinajstić information content (AvgIpc) is 2.80. The first-order valence-corrected chi connectivity index (χ1v) is 6.71. The quantitative estimate of drug-likeness (QED) is 0.875. The number of nitrogens with one attached hydrogen (secondary N) is 2. The largest absolute Gasteiger partial charge is 0.355 e. The first kappa shape index (κ1) is 13.4. The maximum absolute atomic E-state index is 12.0. The highest BCUT2D eigenvalue weighted by molar-refractivity contribution is 6.30. The van der Waals surface area contributed by atoms with Crippen molar-refractivity contribution < 1.29 is 4.79 Å². The summed E-state index contributed by atoms with van der Waals surface area (Å²) in [6.45, 7) is 4.40. The third-order valence-corrected chi connectivity index (χ3v) is 3.78. The second-order valence-electron chi connectivity index (χ2n) is 5.12. The SMILES string of the molecule is CC1(C(=O)NCCc2ccc(Cl)cc2)CCNC1. The van der Waals surface area contributed by atoms with Crippen molar-refractivity contribution in [1.29, 1.82) is 0 Å². The summed E-state index contributed by atoms with van der Waals surface area (Å²) in [7, 11) is 0. The van der Waals surface area contributed by atoms with Crippen molar-refractivity contribution >= 4 is 17.5 Å². The molecule has 1 aromatic rings. The van der Waals surface area contributed by atoms with Gasteiger partial charge in [-0.05, 0) is 44.0 Å². The maximum atomic E-state index is 12.0. The van der Waals surface area contributed by atoms with Crippen molar-refractivity contribution in [2.75, 3.05) is 19.6 Å². The number of hydrogen-bond acceptors (Lipinski definition) is 2. The Morgan fingerprint density at radius 3 is 2.78 bits per heavy atom. The molecule has 3 nitrogen and oxygen atoms in total. The Balaban J connectivity index is 1.78. The minimum absolute atomic E-state index is 0.154. The Kier molecular flexibility index (Phi) is 4.25. The minimum atomic E-state index is -0.236. The fourth-order valence-electron chi connectivity index (χ4n) is 2.20. The van der Waals surface area contributed by atoms with Crippen molar-refractivity contribution in [2.45, 2.75) is 19.8 Å². The molecule has 0 radical (unpaired) electrons. The van der Waals surface area contributed by atoms with Gasteiger partial charge in [0.15, 0.2) is 0 Å². The summed E-state index contributed by atoms with van der Waals surface area (Å²) in [5.41, 5.74) is 0.953. The summed E-state index contributed by atoms with van der Waals surface area (Å²) in [6.07, 6.45) is 1.76. The van der Waals surface area contributed by atoms with E-state index in [2.05, 4.69) is 10.6 Å². The lowest BCUT2D eigenvalue weighted by Crippen LogP contribution is -2.41. The van der Waals surface area contributed by atoms with Gasteiger partial charge in [0.1, 0.15) is 0 Å². The molecule has 1 amide bonds. The third kappa shape index (κ3) is 3.24. The smallest absolute Gasteiger partial charge is 0.227 e. The number of benzene rings is 1. The van der Waals surface area contributed by atoms with Gasteiger partial charge < -0.3 is 10.6 Å². The summed E-state index contributed by atoms with van der Waals surface area (Å²) in [5, 5.41) is 6.99. The van der Waals surface area contributed by atoms with Gasteiger partial charge in [0.2, 0.25) is 5.91 Å². The molecule has 18 heavy (non-hydrogen) atoms. The molecule has 1 fully saturated rings. The maximum Gasteiger partial charge on any atom is 0.227 e. The van der Waals surface area contributed by atoms with Crippen LogP contribution < -0.4 is 10.6 Å². The van der Waals surface area contributed by atoms with Crippen LogP contribution >= 0.6 is 11.6 Å². The molecule has 0 bridgehead atoms. The van der Waals surface area contributed by atoms with E-state index in [4.69, 9.17) is 11.6 Å². The van der Waals surface area contributed by atoms with Crippen LogP contribution in [0.25, 0.3) is 0 Å². The van der Waals surface area contributed by atoms with Crippen LogP contribution in [0, 0.1) is 5.41 Å². The van der Waals surface area contributed by atoms with Crippen LogP contribution in [0.5, 0.6) is 0 Å². The number of amides is 1. The van der Waals surface area contributed by atoms with Crippen LogP contribution in [-0.4, -0.2) is 25.5 Å². The van der Waals surface area contributed by atoms with Crippen molar-refractivity contribution in [1.82, 2.24) is 10.6 Å². The molecule has 1 saturated heterocycles. The standard InChI is InChI=1S/C14H19ClN2O/c1-14(7-9-16-10-14)13(18)17-8-6-11-2-4-12(15)5-3-11/h2-5,16H,6-10H2,1H3,(H,17,18). The molecule has 0 saturated carbocycles. The highest BCUT2D eigenvalue weighted by Gasteiger charge is 2.35. The van der Waals surface area contributed by atoms with Crippen molar-refractivity contribution in [3.05, 3.63) is 34.9 Å². The van der Waals surface area contributed by atoms with E-state index >= 15 is 0 Å². The summed E-state index contributed by atoms with van der Waals surface area (Å²) < 4.78 is 0. The van der Waals surface area contributed by atoms with Crippen LogP contribution in [0.2, 0.25) is 5.02 Å². The zero-order valence-corrected chi connectivity index (χ0v) is 11.4. The molecule has 0 spiro atoms. The van der Waals surface area contributed by atoms with Gasteiger partial charge in [-0.2, -0.15) is 0 Å². The zero-order valence-electron chi connectivity index (χ0n) is 10.6. The van der Waals surface area contributed by atoms with Crippen molar-refractivity contribution in [2.24, 2.45) is 5.41 Å². The van der Waals surface area contributed by atoms with E-state index in [-0.39, 0.29) is 11.3 Å². The van der Waals surface area contributed by atoms with E-state index in [1.165, 1.54) is 5.56 Å². The second kappa shape index (κ2) is 5.72. The Morgan fingerprint density at radius 1 is 1.44 bits per heavy atom. The molecule has 2 rings (SSSR count). The molecule has 1 unspecified atom stereocenters. The third-order valence-electron chi connectivity index (χ3n) is 3.53. The number of rotatable bonds is 4. The highest BCUT2D eigenvalue weighted by Crippen LogP contribution is 2.24. The molecule has 1 atom stereocenters. The Bertz CT molecular complexity index is 410. The molecule has 1 heterocycles. The zero-order chi connectivity index (χ0) is 13.0. The number of halogens is 1. The molecular weight excluding hydrogens is 248 g/mol. The van der Waals surface area contributed by atoms with Gasteiger partial charge in [0.25, 0.3) is 0 Å². The second-order valence-corrected chi connectivity index (χ2v) is 5.56. The van der Waals surface area contributed by atoms with Crippen LogP contribution in [-0.2, 0) is 11.2 Å². The monoisotopic (exact) mass is 266 g/mol. The predicted octanol–water partition coefficient (Wildman–Crippen LogP) is 2.00. The van der Waals surface area contributed by atoms with E-state index in [0.29, 0.717) is 6.54 Å². The van der Waals surface area contributed by atoms with Gasteiger partial charge in [-0.1, -0.05) is 23.7 Å². The van der Waals surface area contributed by atoms with Crippen LogP contribution in [0.15, 0.2) is 24.3 Å². The molecule has 1 aromatic carbocycles. The van der Waals surface area contributed by atoms with Crippen molar-refractivity contribution in [3.63, 3.8) is 0 Å². The summed E-state index contributed by atoms with van der Waals surface area (Å²) in [6, 6.07) is 7.74. The molecule has 0 aromatic heterocycles.